The molecule has 1 aromatic carbocycles. The van der Waals surface area contributed by atoms with E-state index in [1.807, 2.05) is 37.5 Å². The largest absolute Gasteiger partial charge is 0.379 e. The number of fused-ring (bicyclic) bond motifs is 1. The summed E-state index contributed by atoms with van der Waals surface area (Å²) in [6.45, 7) is 2.68. The molecule has 3 rings (SSSR count). The van der Waals surface area contributed by atoms with Gasteiger partial charge in [0.2, 0.25) is 0 Å². The van der Waals surface area contributed by atoms with E-state index in [9.17, 15) is 0 Å². The second-order valence-electron chi connectivity index (χ2n) is 4.02. The maximum Gasteiger partial charge on any atom is 0.103 e. The Morgan fingerprint density at radius 2 is 2.24 bits per heavy atom. The van der Waals surface area contributed by atoms with Gasteiger partial charge in [-0.1, -0.05) is 0 Å². The number of anilines is 1. The third kappa shape index (κ3) is 1.99. The van der Waals surface area contributed by atoms with Crippen LogP contribution < -0.4 is 5.32 Å². The third-order valence-corrected chi connectivity index (χ3v) is 2.68. The van der Waals surface area contributed by atoms with Crippen molar-refractivity contribution in [1.29, 1.82) is 0 Å². The monoisotopic (exact) mass is 227 g/mol. The molecule has 0 radical (unpaired) electrons. The van der Waals surface area contributed by atoms with Gasteiger partial charge in [-0.25, -0.2) is 4.98 Å². The molecule has 3 aromatic rings. The van der Waals surface area contributed by atoms with Crippen molar-refractivity contribution in [2.24, 2.45) is 0 Å². The summed E-state index contributed by atoms with van der Waals surface area (Å²) in [5.74, 6) is 0.936. The first-order valence-corrected chi connectivity index (χ1v) is 5.49. The van der Waals surface area contributed by atoms with E-state index in [0.717, 1.165) is 34.7 Å². The van der Waals surface area contributed by atoms with Crippen molar-refractivity contribution in [3.63, 3.8) is 0 Å². The summed E-state index contributed by atoms with van der Waals surface area (Å²) < 4.78 is 0. The van der Waals surface area contributed by atoms with Crippen molar-refractivity contribution in [2.45, 2.75) is 13.5 Å². The Kier molecular flexibility index (Phi) is 2.29. The summed E-state index contributed by atoms with van der Waals surface area (Å²) in [7, 11) is 0. The number of aromatic nitrogens is 4. The van der Waals surface area contributed by atoms with E-state index < -0.39 is 0 Å². The summed E-state index contributed by atoms with van der Waals surface area (Å²) in [6.07, 6.45) is 3.66. The van der Waals surface area contributed by atoms with Gasteiger partial charge in [-0.2, -0.15) is 5.10 Å². The predicted molar refractivity (Wildman–Crippen MR) is 66.7 cm³/mol. The quantitative estimate of drug-likeness (QED) is 0.642. The van der Waals surface area contributed by atoms with E-state index in [0.29, 0.717) is 0 Å². The van der Waals surface area contributed by atoms with Crippen molar-refractivity contribution >= 4 is 16.6 Å². The molecule has 5 heteroatoms. The number of hydrogen-bond acceptors (Lipinski definition) is 3. The molecule has 0 aliphatic rings. The average Bonchev–Trinajstić information content (AvgIpc) is 2.94. The predicted octanol–water partition coefficient (Wildman–Crippen LogP) is 2.21. The zero-order chi connectivity index (χ0) is 11.7. The van der Waals surface area contributed by atoms with Gasteiger partial charge in [0.25, 0.3) is 0 Å². The molecule has 0 unspecified atom stereocenters. The van der Waals surface area contributed by atoms with Crippen LogP contribution in [0, 0.1) is 6.92 Å². The normalized spacial score (nSPS) is 10.9. The maximum atomic E-state index is 4.16. The molecule has 86 valence electrons. The van der Waals surface area contributed by atoms with Crippen LogP contribution in [-0.4, -0.2) is 20.2 Å². The molecule has 0 aliphatic carbocycles. The van der Waals surface area contributed by atoms with Crippen LogP contribution in [0.1, 0.15) is 11.5 Å². The van der Waals surface area contributed by atoms with E-state index in [1.54, 1.807) is 0 Å². The number of rotatable bonds is 3. The standard InChI is InChI=1S/C12H13N5/c1-8-13-6-11(16-8)7-14-10-3-2-9-5-15-17-12(9)4-10/h2-6,14H,7H2,1H3,(H,13,16)(H,15,17). The molecule has 0 atom stereocenters. The summed E-state index contributed by atoms with van der Waals surface area (Å²) in [5, 5.41) is 11.4. The van der Waals surface area contributed by atoms with E-state index in [1.165, 1.54) is 0 Å². The Hall–Kier alpha value is -2.30. The number of aromatic amines is 2. The molecule has 0 saturated carbocycles. The fourth-order valence-corrected chi connectivity index (χ4v) is 1.81. The highest BCUT2D eigenvalue weighted by atomic mass is 15.1. The Bertz CT molecular complexity index is 637. The smallest absolute Gasteiger partial charge is 0.103 e. The van der Waals surface area contributed by atoms with Gasteiger partial charge in [0.05, 0.1) is 30.1 Å². The second kappa shape index (κ2) is 3.93. The molecule has 2 aromatic heterocycles. The Morgan fingerprint density at radius 1 is 1.29 bits per heavy atom. The Labute approximate surface area is 98.3 Å². The van der Waals surface area contributed by atoms with Crippen LogP contribution >= 0.6 is 0 Å². The summed E-state index contributed by atoms with van der Waals surface area (Å²) >= 11 is 0. The van der Waals surface area contributed by atoms with E-state index in [4.69, 9.17) is 0 Å². The first kappa shape index (κ1) is 9.89. The van der Waals surface area contributed by atoms with Crippen LogP contribution in [0.3, 0.4) is 0 Å². The van der Waals surface area contributed by atoms with Gasteiger partial charge in [0.15, 0.2) is 0 Å². The topological polar surface area (TPSA) is 69.4 Å². The van der Waals surface area contributed by atoms with Crippen LogP contribution in [0.4, 0.5) is 5.69 Å². The van der Waals surface area contributed by atoms with E-state index in [2.05, 4.69) is 25.5 Å². The van der Waals surface area contributed by atoms with E-state index in [-0.39, 0.29) is 0 Å². The van der Waals surface area contributed by atoms with Crippen LogP contribution in [0.15, 0.2) is 30.6 Å². The number of benzene rings is 1. The van der Waals surface area contributed by atoms with Crippen LogP contribution in [0.25, 0.3) is 10.9 Å². The van der Waals surface area contributed by atoms with Crippen molar-refractivity contribution in [1.82, 2.24) is 20.2 Å². The fourth-order valence-electron chi connectivity index (χ4n) is 1.81. The minimum Gasteiger partial charge on any atom is -0.379 e. The Balaban J connectivity index is 1.76. The molecule has 5 nitrogen and oxygen atoms in total. The van der Waals surface area contributed by atoms with Crippen molar-refractivity contribution in [3.05, 3.63) is 42.1 Å². The summed E-state index contributed by atoms with van der Waals surface area (Å²) in [4.78, 5) is 7.34. The lowest BCUT2D eigenvalue weighted by atomic mass is 10.2. The molecular formula is C12H13N5. The van der Waals surface area contributed by atoms with Crippen molar-refractivity contribution < 1.29 is 0 Å². The van der Waals surface area contributed by atoms with Crippen LogP contribution in [-0.2, 0) is 6.54 Å². The maximum absolute atomic E-state index is 4.16. The summed E-state index contributed by atoms with van der Waals surface area (Å²) in [6, 6.07) is 6.13. The highest BCUT2D eigenvalue weighted by Crippen LogP contribution is 2.16. The zero-order valence-electron chi connectivity index (χ0n) is 9.49. The van der Waals surface area contributed by atoms with Gasteiger partial charge in [-0.3, -0.25) is 5.10 Å². The van der Waals surface area contributed by atoms with Gasteiger partial charge < -0.3 is 10.3 Å². The molecule has 0 fully saturated rings. The lowest BCUT2D eigenvalue weighted by Gasteiger charge is -2.04. The van der Waals surface area contributed by atoms with E-state index >= 15 is 0 Å². The molecule has 17 heavy (non-hydrogen) atoms. The van der Waals surface area contributed by atoms with Crippen LogP contribution in [0.5, 0.6) is 0 Å². The molecule has 2 heterocycles. The lowest BCUT2D eigenvalue weighted by molar-refractivity contribution is 1.05. The zero-order valence-corrected chi connectivity index (χ0v) is 9.49. The highest BCUT2D eigenvalue weighted by Gasteiger charge is 1.99. The molecule has 3 N–H and O–H groups in total. The molecule has 0 amide bonds. The van der Waals surface area contributed by atoms with Gasteiger partial charge in [0, 0.05) is 11.1 Å². The second-order valence-corrected chi connectivity index (χ2v) is 4.02. The fraction of sp³-hybridized carbons (Fsp3) is 0.167. The van der Waals surface area contributed by atoms with Crippen LogP contribution in [0.2, 0.25) is 0 Å². The van der Waals surface area contributed by atoms with Gasteiger partial charge in [-0.05, 0) is 25.1 Å². The first-order chi connectivity index (χ1) is 8.31. The SMILES string of the molecule is Cc1ncc(CNc2ccc3cn[nH]c3c2)[nH]1. The number of H-pyrrole nitrogens is 2. The van der Waals surface area contributed by atoms with Gasteiger partial charge in [0.1, 0.15) is 5.82 Å². The van der Waals surface area contributed by atoms with Crippen molar-refractivity contribution in [3.8, 4) is 0 Å². The van der Waals surface area contributed by atoms with Crippen molar-refractivity contribution in [2.75, 3.05) is 5.32 Å². The van der Waals surface area contributed by atoms with Gasteiger partial charge in [-0.15, -0.1) is 0 Å². The number of nitrogens with one attached hydrogen (secondary N) is 3. The first-order valence-electron chi connectivity index (χ1n) is 5.49. The number of hydrogen-bond donors (Lipinski definition) is 3. The average molecular weight is 227 g/mol. The molecule has 0 saturated heterocycles. The third-order valence-electron chi connectivity index (χ3n) is 2.68. The minimum absolute atomic E-state index is 0.737. The molecular weight excluding hydrogens is 214 g/mol. The summed E-state index contributed by atoms with van der Waals surface area (Å²) in [5.41, 5.74) is 3.18. The molecule has 0 aliphatic heterocycles. The number of aryl methyl sites for hydroxylation is 1. The highest BCUT2D eigenvalue weighted by molar-refractivity contribution is 5.81. The molecule has 0 spiro atoms. The number of imidazole rings is 1. The minimum atomic E-state index is 0.737. The van der Waals surface area contributed by atoms with Gasteiger partial charge >= 0.3 is 0 Å². The Morgan fingerprint density at radius 3 is 3.06 bits per heavy atom. The lowest BCUT2D eigenvalue weighted by Crippen LogP contribution is -1.99. The molecule has 0 bridgehead atoms. The number of nitrogens with zero attached hydrogens (tertiary/aromatic N) is 2.